The average molecular weight is 350 g/mol. The molecular weight excluding hydrogens is 332 g/mol. The highest BCUT2D eigenvalue weighted by Crippen LogP contribution is 2.34. The third-order valence-corrected chi connectivity index (χ3v) is 5.62. The summed E-state index contributed by atoms with van der Waals surface area (Å²) in [7, 11) is 3.68. The molecule has 0 radical (unpaired) electrons. The third-order valence-electron chi connectivity index (χ3n) is 4.41. The first-order chi connectivity index (χ1) is 12.2. The Balaban J connectivity index is 1.56. The third kappa shape index (κ3) is 2.76. The Labute approximate surface area is 149 Å². The molecule has 0 saturated carbocycles. The number of thiophene rings is 1. The lowest BCUT2D eigenvalue weighted by molar-refractivity contribution is 0.0955. The van der Waals surface area contributed by atoms with Gasteiger partial charge in [-0.05, 0) is 29.8 Å². The van der Waals surface area contributed by atoms with Crippen LogP contribution in [0.4, 0.5) is 0 Å². The summed E-state index contributed by atoms with van der Waals surface area (Å²) in [6, 6.07) is 18.0. The van der Waals surface area contributed by atoms with Crippen LogP contribution in [0.1, 0.15) is 15.2 Å². The van der Waals surface area contributed by atoms with E-state index in [1.807, 2.05) is 49.5 Å². The molecule has 2 heterocycles. The number of carbonyl (C=O) groups excluding carboxylic acids is 1. The molecule has 0 aliphatic rings. The van der Waals surface area contributed by atoms with E-state index < -0.39 is 0 Å². The lowest BCUT2D eigenvalue weighted by Crippen LogP contribution is -2.21. The molecule has 0 fully saturated rings. The number of hydrogen-bond acceptors (Lipinski definition) is 3. The second kappa shape index (κ2) is 6.26. The first-order valence-corrected chi connectivity index (χ1v) is 8.87. The SMILES string of the molecule is COc1ccc(CNC(=O)c2cc3c4ccccc4n(C)c3s2)cc1. The van der Waals surface area contributed by atoms with Crippen molar-refractivity contribution in [2.24, 2.45) is 7.05 Å². The molecule has 1 N–H and O–H groups in total. The molecule has 0 aliphatic carbocycles. The molecule has 0 spiro atoms. The molecule has 4 aromatic rings. The Morgan fingerprint density at radius 1 is 1.12 bits per heavy atom. The van der Waals surface area contributed by atoms with E-state index in [2.05, 4.69) is 22.0 Å². The number of nitrogens with one attached hydrogen (secondary N) is 1. The summed E-state index contributed by atoms with van der Waals surface area (Å²) in [5.41, 5.74) is 2.23. The predicted molar refractivity (Wildman–Crippen MR) is 102 cm³/mol. The maximum absolute atomic E-state index is 12.5. The van der Waals surface area contributed by atoms with Gasteiger partial charge in [0.15, 0.2) is 0 Å². The highest BCUT2D eigenvalue weighted by atomic mass is 32.1. The number of amides is 1. The van der Waals surface area contributed by atoms with E-state index in [9.17, 15) is 4.79 Å². The van der Waals surface area contributed by atoms with E-state index in [0.717, 1.165) is 26.4 Å². The van der Waals surface area contributed by atoms with E-state index >= 15 is 0 Å². The minimum Gasteiger partial charge on any atom is -0.497 e. The lowest BCUT2D eigenvalue weighted by atomic mass is 10.2. The van der Waals surface area contributed by atoms with Gasteiger partial charge in [-0.15, -0.1) is 11.3 Å². The second-order valence-electron chi connectivity index (χ2n) is 5.94. The highest BCUT2D eigenvalue weighted by Gasteiger charge is 2.15. The van der Waals surface area contributed by atoms with Crippen LogP contribution in [0.3, 0.4) is 0 Å². The van der Waals surface area contributed by atoms with Crippen molar-refractivity contribution >= 4 is 38.4 Å². The van der Waals surface area contributed by atoms with Crippen LogP contribution in [0.2, 0.25) is 0 Å². The van der Waals surface area contributed by atoms with Crippen LogP contribution in [0.15, 0.2) is 54.6 Å². The number of aromatic nitrogens is 1. The Hall–Kier alpha value is -2.79. The Bertz CT molecular complexity index is 1060. The fraction of sp³-hybridized carbons (Fsp3) is 0.150. The van der Waals surface area contributed by atoms with Gasteiger partial charge >= 0.3 is 0 Å². The maximum Gasteiger partial charge on any atom is 0.261 e. The van der Waals surface area contributed by atoms with Crippen LogP contribution in [0.25, 0.3) is 21.1 Å². The van der Waals surface area contributed by atoms with Gasteiger partial charge in [0, 0.05) is 29.9 Å². The molecule has 0 saturated heterocycles. The molecule has 126 valence electrons. The van der Waals surface area contributed by atoms with Gasteiger partial charge in [-0.25, -0.2) is 0 Å². The summed E-state index contributed by atoms with van der Waals surface area (Å²) in [4.78, 5) is 14.4. The van der Waals surface area contributed by atoms with Crippen LogP contribution in [-0.2, 0) is 13.6 Å². The first kappa shape index (κ1) is 15.7. The Morgan fingerprint density at radius 3 is 2.64 bits per heavy atom. The van der Waals surface area contributed by atoms with E-state index in [1.165, 1.54) is 22.2 Å². The molecule has 0 aliphatic heterocycles. The van der Waals surface area contributed by atoms with Crippen molar-refractivity contribution in [1.82, 2.24) is 9.88 Å². The lowest BCUT2D eigenvalue weighted by Gasteiger charge is -2.05. The number of carbonyl (C=O) groups is 1. The van der Waals surface area contributed by atoms with Crippen molar-refractivity contribution in [3.63, 3.8) is 0 Å². The Kier molecular flexibility index (Phi) is 3.93. The molecule has 4 nitrogen and oxygen atoms in total. The summed E-state index contributed by atoms with van der Waals surface area (Å²) in [5.74, 6) is 0.771. The fourth-order valence-electron chi connectivity index (χ4n) is 3.05. The van der Waals surface area contributed by atoms with Gasteiger partial charge in [0.1, 0.15) is 10.6 Å². The number of ether oxygens (including phenoxy) is 1. The summed E-state index contributed by atoms with van der Waals surface area (Å²) in [6.45, 7) is 0.498. The van der Waals surface area contributed by atoms with Gasteiger partial charge < -0.3 is 14.6 Å². The van der Waals surface area contributed by atoms with Crippen molar-refractivity contribution in [3.05, 3.63) is 65.0 Å². The van der Waals surface area contributed by atoms with Crippen molar-refractivity contribution in [1.29, 1.82) is 0 Å². The number of hydrogen-bond donors (Lipinski definition) is 1. The van der Waals surface area contributed by atoms with E-state index in [4.69, 9.17) is 4.74 Å². The van der Waals surface area contributed by atoms with Gasteiger partial charge in [0.2, 0.25) is 0 Å². The molecule has 2 aromatic heterocycles. The number of rotatable bonds is 4. The second-order valence-corrected chi connectivity index (χ2v) is 6.97. The number of methoxy groups -OCH3 is 1. The molecule has 0 unspecified atom stereocenters. The minimum absolute atomic E-state index is 0.0406. The van der Waals surface area contributed by atoms with Crippen LogP contribution in [-0.4, -0.2) is 17.6 Å². The Morgan fingerprint density at radius 2 is 1.88 bits per heavy atom. The zero-order chi connectivity index (χ0) is 17.4. The smallest absolute Gasteiger partial charge is 0.261 e. The van der Waals surface area contributed by atoms with Gasteiger partial charge in [0.05, 0.1) is 12.0 Å². The van der Waals surface area contributed by atoms with Crippen LogP contribution >= 0.6 is 11.3 Å². The van der Waals surface area contributed by atoms with Crippen molar-refractivity contribution in [3.8, 4) is 5.75 Å². The van der Waals surface area contributed by atoms with Crippen LogP contribution in [0, 0.1) is 0 Å². The number of benzene rings is 2. The summed E-state index contributed by atoms with van der Waals surface area (Å²) < 4.78 is 7.30. The number of para-hydroxylation sites is 1. The molecule has 1 amide bonds. The van der Waals surface area contributed by atoms with E-state index in [0.29, 0.717) is 6.54 Å². The molecule has 0 atom stereocenters. The highest BCUT2D eigenvalue weighted by molar-refractivity contribution is 7.20. The molecular formula is C20H18N2O2S. The molecule has 2 aromatic carbocycles. The average Bonchev–Trinajstić information content (AvgIpc) is 3.20. The van der Waals surface area contributed by atoms with Crippen LogP contribution < -0.4 is 10.1 Å². The minimum atomic E-state index is -0.0406. The summed E-state index contributed by atoms with van der Waals surface area (Å²) in [6.07, 6.45) is 0. The molecule has 5 heteroatoms. The molecule has 0 bridgehead atoms. The maximum atomic E-state index is 12.5. The number of aryl methyl sites for hydroxylation is 1. The van der Waals surface area contributed by atoms with Crippen LogP contribution in [0.5, 0.6) is 5.75 Å². The summed E-state index contributed by atoms with van der Waals surface area (Å²) in [5, 5.41) is 5.31. The zero-order valence-electron chi connectivity index (χ0n) is 14.1. The predicted octanol–water partition coefficient (Wildman–Crippen LogP) is 4.33. The standard InChI is InChI=1S/C20H18N2O2S/c1-22-17-6-4-3-5-15(17)16-11-18(25-20(16)22)19(23)21-12-13-7-9-14(24-2)10-8-13/h3-11H,12H2,1-2H3,(H,21,23). The number of nitrogens with zero attached hydrogens (tertiary/aromatic N) is 1. The monoisotopic (exact) mass is 350 g/mol. The topological polar surface area (TPSA) is 43.3 Å². The van der Waals surface area contributed by atoms with Gasteiger partial charge in [0.25, 0.3) is 5.91 Å². The molecule has 4 rings (SSSR count). The van der Waals surface area contributed by atoms with Gasteiger partial charge in [-0.2, -0.15) is 0 Å². The van der Waals surface area contributed by atoms with Gasteiger partial charge in [-0.3, -0.25) is 4.79 Å². The molecule has 25 heavy (non-hydrogen) atoms. The summed E-state index contributed by atoms with van der Waals surface area (Å²) >= 11 is 1.53. The largest absolute Gasteiger partial charge is 0.497 e. The van der Waals surface area contributed by atoms with Gasteiger partial charge in [-0.1, -0.05) is 30.3 Å². The fourth-order valence-corrected chi connectivity index (χ4v) is 4.12. The first-order valence-electron chi connectivity index (χ1n) is 8.05. The number of fused-ring (bicyclic) bond motifs is 3. The quantitative estimate of drug-likeness (QED) is 0.595. The van der Waals surface area contributed by atoms with Crippen molar-refractivity contribution in [2.45, 2.75) is 6.54 Å². The van der Waals surface area contributed by atoms with Crippen molar-refractivity contribution < 1.29 is 9.53 Å². The van der Waals surface area contributed by atoms with Crippen molar-refractivity contribution in [2.75, 3.05) is 7.11 Å². The van der Waals surface area contributed by atoms with E-state index in [-0.39, 0.29) is 5.91 Å². The zero-order valence-corrected chi connectivity index (χ0v) is 14.9. The normalized spacial score (nSPS) is 11.1. The van der Waals surface area contributed by atoms with E-state index in [1.54, 1.807) is 7.11 Å².